The summed E-state index contributed by atoms with van der Waals surface area (Å²) in [5.74, 6) is 0.873. The van der Waals surface area contributed by atoms with E-state index in [0.29, 0.717) is 6.54 Å². The van der Waals surface area contributed by atoms with Gasteiger partial charge in [0.05, 0.1) is 6.54 Å². The highest BCUT2D eigenvalue weighted by Gasteiger charge is 2.31. The van der Waals surface area contributed by atoms with Crippen molar-refractivity contribution in [1.82, 2.24) is 10.6 Å². The van der Waals surface area contributed by atoms with Crippen LogP contribution in [-0.2, 0) is 6.54 Å². The van der Waals surface area contributed by atoms with Crippen LogP contribution >= 0.6 is 0 Å². The van der Waals surface area contributed by atoms with Crippen LogP contribution in [0.3, 0.4) is 0 Å². The van der Waals surface area contributed by atoms with Crippen LogP contribution in [0.4, 0.5) is 5.69 Å². The van der Waals surface area contributed by atoms with Crippen molar-refractivity contribution in [3.05, 3.63) is 42.0 Å². The average Bonchev–Trinajstić information content (AvgIpc) is 3.26. The maximum atomic E-state index is 9.52. The molecule has 0 atom stereocenters. The maximum Gasteiger partial charge on any atom is 0.191 e. The predicted octanol–water partition coefficient (Wildman–Crippen LogP) is 3.45. The third kappa shape index (κ3) is 5.74. The molecule has 0 spiro atoms. The third-order valence-corrected chi connectivity index (χ3v) is 6.07. The van der Waals surface area contributed by atoms with E-state index in [1.54, 1.807) is 0 Å². The maximum absolute atomic E-state index is 9.52. The molecule has 0 radical (unpaired) electrons. The summed E-state index contributed by atoms with van der Waals surface area (Å²) in [6.07, 6.45) is 11.6. The molecule has 2 aliphatic rings. The number of anilines is 1. The van der Waals surface area contributed by atoms with Crippen LogP contribution in [0.1, 0.15) is 51.0 Å². The number of hydrogen-bond acceptors (Lipinski definition) is 3. The van der Waals surface area contributed by atoms with Crippen LogP contribution < -0.4 is 15.5 Å². The number of rotatable bonds is 8. The van der Waals surface area contributed by atoms with Gasteiger partial charge >= 0.3 is 0 Å². The van der Waals surface area contributed by atoms with Crippen molar-refractivity contribution in [2.75, 3.05) is 37.7 Å². The fourth-order valence-corrected chi connectivity index (χ4v) is 4.34. The Morgan fingerprint density at radius 3 is 2.43 bits per heavy atom. The van der Waals surface area contributed by atoms with Crippen molar-refractivity contribution in [2.24, 2.45) is 10.4 Å². The zero-order valence-corrected chi connectivity index (χ0v) is 17.3. The van der Waals surface area contributed by atoms with E-state index in [9.17, 15) is 5.11 Å². The monoisotopic (exact) mass is 384 g/mol. The number of nitrogens with one attached hydrogen (secondary N) is 2. The molecular formula is C23H36N4O. The van der Waals surface area contributed by atoms with Crippen molar-refractivity contribution in [1.29, 1.82) is 0 Å². The fourth-order valence-electron chi connectivity index (χ4n) is 4.34. The highest BCUT2D eigenvalue weighted by atomic mass is 16.3. The Labute approximate surface area is 169 Å². The van der Waals surface area contributed by atoms with Gasteiger partial charge in [0.15, 0.2) is 5.96 Å². The van der Waals surface area contributed by atoms with Crippen LogP contribution in [0.5, 0.6) is 0 Å². The van der Waals surface area contributed by atoms with Gasteiger partial charge in [0.1, 0.15) is 0 Å². The highest BCUT2D eigenvalue weighted by molar-refractivity contribution is 5.79. The average molecular weight is 385 g/mol. The lowest BCUT2D eigenvalue weighted by Crippen LogP contribution is -2.44. The largest absolute Gasteiger partial charge is 0.396 e. The summed E-state index contributed by atoms with van der Waals surface area (Å²) >= 11 is 0. The van der Waals surface area contributed by atoms with Gasteiger partial charge in [-0.15, -0.1) is 0 Å². The van der Waals surface area contributed by atoms with E-state index in [4.69, 9.17) is 4.99 Å². The Hall–Kier alpha value is -2.01. The Kier molecular flexibility index (Phi) is 7.78. The number of aliphatic hydroxyl groups excluding tert-OH is 1. The minimum atomic E-state index is 0.217. The second-order valence-electron chi connectivity index (χ2n) is 8.13. The summed E-state index contributed by atoms with van der Waals surface area (Å²) in [5, 5.41) is 16.4. The Morgan fingerprint density at radius 1 is 1.07 bits per heavy atom. The first-order valence-electron chi connectivity index (χ1n) is 10.9. The lowest BCUT2D eigenvalue weighted by molar-refractivity contribution is 0.131. The van der Waals surface area contributed by atoms with Crippen molar-refractivity contribution in [3.63, 3.8) is 0 Å². The molecule has 3 rings (SSSR count). The first-order valence-corrected chi connectivity index (χ1v) is 10.9. The van der Waals surface area contributed by atoms with Crippen molar-refractivity contribution >= 4 is 11.6 Å². The highest BCUT2D eigenvalue weighted by Crippen LogP contribution is 2.38. The van der Waals surface area contributed by atoms with Crippen molar-refractivity contribution < 1.29 is 5.11 Å². The minimum absolute atomic E-state index is 0.217. The molecule has 28 heavy (non-hydrogen) atoms. The van der Waals surface area contributed by atoms with Crippen molar-refractivity contribution in [3.8, 4) is 0 Å². The van der Waals surface area contributed by atoms with Gasteiger partial charge in [-0.25, -0.2) is 4.99 Å². The summed E-state index contributed by atoms with van der Waals surface area (Å²) in [7, 11) is 0. The molecule has 1 aliphatic heterocycles. The van der Waals surface area contributed by atoms with E-state index in [1.165, 1.54) is 43.4 Å². The van der Waals surface area contributed by atoms with Crippen LogP contribution in [0.15, 0.2) is 41.4 Å². The summed E-state index contributed by atoms with van der Waals surface area (Å²) in [5.41, 5.74) is 2.70. The Bertz CT molecular complexity index is 634. The first kappa shape index (κ1) is 20.7. The van der Waals surface area contributed by atoms with E-state index in [-0.39, 0.29) is 12.0 Å². The Balaban J connectivity index is 1.57. The molecule has 5 heteroatoms. The molecule has 1 aromatic carbocycles. The van der Waals surface area contributed by atoms with E-state index in [1.807, 2.05) is 0 Å². The van der Waals surface area contributed by atoms with Gasteiger partial charge < -0.3 is 20.6 Å². The molecule has 3 N–H and O–H groups in total. The number of aliphatic hydroxyl groups is 1. The molecule has 0 amide bonds. The summed E-state index contributed by atoms with van der Waals surface area (Å²) in [4.78, 5) is 7.14. The summed E-state index contributed by atoms with van der Waals surface area (Å²) < 4.78 is 0. The number of hydrogen-bond donors (Lipinski definition) is 3. The molecular weight excluding hydrogens is 348 g/mol. The normalized spacial score (nSPS) is 19.1. The van der Waals surface area contributed by atoms with Gasteiger partial charge in [-0.1, -0.05) is 43.5 Å². The van der Waals surface area contributed by atoms with Crippen LogP contribution in [0, 0.1) is 5.41 Å². The molecule has 5 nitrogen and oxygen atoms in total. The zero-order chi connectivity index (χ0) is 19.7. The molecule has 1 aromatic rings. The van der Waals surface area contributed by atoms with Crippen LogP contribution in [-0.4, -0.2) is 43.9 Å². The molecule has 154 valence electrons. The van der Waals surface area contributed by atoms with Gasteiger partial charge in [-0.3, -0.25) is 0 Å². The van der Waals surface area contributed by atoms with E-state index in [0.717, 1.165) is 38.6 Å². The summed E-state index contributed by atoms with van der Waals surface area (Å²) in [6, 6.07) is 8.73. The lowest BCUT2D eigenvalue weighted by Gasteiger charge is -2.37. The number of guanidine groups is 1. The second kappa shape index (κ2) is 10.5. The molecule has 1 aliphatic carbocycles. The quantitative estimate of drug-likeness (QED) is 0.365. The van der Waals surface area contributed by atoms with Crippen LogP contribution in [0.25, 0.3) is 0 Å². The number of nitrogens with zero attached hydrogens (tertiary/aromatic N) is 2. The van der Waals surface area contributed by atoms with Gasteiger partial charge in [0.25, 0.3) is 0 Å². The van der Waals surface area contributed by atoms with Gasteiger partial charge in [0.2, 0.25) is 0 Å². The smallest absolute Gasteiger partial charge is 0.191 e. The fraction of sp³-hybridized carbons (Fsp3) is 0.609. The number of aliphatic imine (C=N–C) groups is 1. The SMILES string of the molecule is CCNC(=NCc1ccc(N2CC=CC2)cc1)NCC1(CCO)CCCCC1. The van der Waals surface area contributed by atoms with Gasteiger partial charge in [-0.2, -0.15) is 0 Å². The van der Waals surface area contributed by atoms with E-state index >= 15 is 0 Å². The van der Waals surface area contributed by atoms with Crippen molar-refractivity contribution in [2.45, 2.75) is 52.0 Å². The minimum Gasteiger partial charge on any atom is -0.396 e. The number of benzene rings is 1. The zero-order valence-electron chi connectivity index (χ0n) is 17.3. The molecule has 1 fully saturated rings. The second-order valence-corrected chi connectivity index (χ2v) is 8.13. The molecule has 1 saturated carbocycles. The predicted molar refractivity (Wildman–Crippen MR) is 118 cm³/mol. The molecule has 0 saturated heterocycles. The molecule has 0 unspecified atom stereocenters. The third-order valence-electron chi connectivity index (χ3n) is 6.07. The topological polar surface area (TPSA) is 59.9 Å². The van der Waals surface area contributed by atoms with E-state index in [2.05, 4.69) is 58.9 Å². The first-order chi connectivity index (χ1) is 13.7. The Morgan fingerprint density at radius 2 is 1.79 bits per heavy atom. The van der Waals surface area contributed by atoms with Gasteiger partial charge in [-0.05, 0) is 49.3 Å². The standard InChI is InChI=1S/C23H36N4O/c1-2-24-22(26-19-23(14-17-28)12-4-3-5-13-23)25-18-20-8-10-21(11-9-20)27-15-6-7-16-27/h6-11,28H,2-5,12-19H2,1H3,(H2,24,25,26). The molecule has 0 bridgehead atoms. The van der Waals surface area contributed by atoms with Gasteiger partial charge in [0, 0.05) is 38.5 Å². The van der Waals surface area contributed by atoms with E-state index < -0.39 is 0 Å². The summed E-state index contributed by atoms with van der Waals surface area (Å²) in [6.45, 7) is 6.78. The lowest BCUT2D eigenvalue weighted by atomic mass is 9.72. The molecule has 0 aromatic heterocycles. The molecule has 1 heterocycles. The van der Waals surface area contributed by atoms with Crippen LogP contribution in [0.2, 0.25) is 0 Å².